The maximum Gasteiger partial charge on any atom is 0.262 e. The first-order chi connectivity index (χ1) is 13.3. The van der Waals surface area contributed by atoms with Crippen molar-refractivity contribution in [3.05, 3.63) is 64.4 Å². The van der Waals surface area contributed by atoms with Crippen LogP contribution in [0, 0.1) is 12.8 Å². The van der Waals surface area contributed by atoms with Crippen molar-refractivity contribution >= 4 is 34.3 Å². The number of fused-ring (bicyclic) bond motifs is 1. The topological polar surface area (TPSA) is 64.0 Å². The van der Waals surface area contributed by atoms with Crippen LogP contribution in [0.1, 0.15) is 26.3 Å². The second-order valence-electron chi connectivity index (χ2n) is 7.34. The van der Waals surface area contributed by atoms with E-state index in [1.165, 1.54) is 11.8 Å². The number of thioether (sulfide) groups is 1. The summed E-state index contributed by atoms with van der Waals surface area (Å²) >= 11 is 1.31. The minimum Gasteiger partial charge on any atom is -0.325 e. The molecule has 1 heterocycles. The van der Waals surface area contributed by atoms with Crippen molar-refractivity contribution in [2.45, 2.75) is 44.6 Å². The Morgan fingerprint density at radius 3 is 2.61 bits per heavy atom. The van der Waals surface area contributed by atoms with Crippen LogP contribution < -0.4 is 10.9 Å². The molecule has 28 heavy (non-hydrogen) atoms. The van der Waals surface area contributed by atoms with Crippen LogP contribution >= 0.6 is 11.8 Å². The van der Waals surface area contributed by atoms with Crippen molar-refractivity contribution < 1.29 is 4.79 Å². The highest BCUT2D eigenvalue weighted by Gasteiger charge is 2.20. The Hall–Kier alpha value is -2.60. The first-order valence-corrected chi connectivity index (χ1v) is 10.3. The highest BCUT2D eigenvalue weighted by atomic mass is 32.2. The molecule has 0 spiro atoms. The zero-order valence-electron chi connectivity index (χ0n) is 16.6. The molecule has 0 saturated heterocycles. The van der Waals surface area contributed by atoms with E-state index in [1.807, 2.05) is 56.3 Å². The van der Waals surface area contributed by atoms with Crippen LogP contribution in [0.15, 0.2) is 58.5 Å². The Kier molecular flexibility index (Phi) is 6.19. The molecule has 6 heteroatoms. The summed E-state index contributed by atoms with van der Waals surface area (Å²) in [5.41, 5.74) is 2.44. The van der Waals surface area contributed by atoms with Gasteiger partial charge in [-0.1, -0.05) is 49.9 Å². The second-order valence-corrected chi connectivity index (χ2v) is 8.65. The number of carbonyl (C=O) groups excluding carboxylic acids is 1. The number of hydrogen-bond acceptors (Lipinski definition) is 4. The van der Waals surface area contributed by atoms with Crippen LogP contribution in [0.2, 0.25) is 0 Å². The maximum atomic E-state index is 13.0. The summed E-state index contributed by atoms with van der Waals surface area (Å²) in [5.74, 6) is 0.172. The largest absolute Gasteiger partial charge is 0.325 e. The van der Waals surface area contributed by atoms with Gasteiger partial charge in [0.25, 0.3) is 5.56 Å². The SMILES string of the molecule is Cc1cccc(NC(=O)[C@@H](C)Sc2nc3ccccc3c(=O)n2CC(C)C)c1. The molecule has 0 aliphatic carbocycles. The van der Waals surface area contributed by atoms with Crippen LogP contribution in [-0.4, -0.2) is 20.7 Å². The second kappa shape index (κ2) is 8.61. The van der Waals surface area contributed by atoms with Gasteiger partial charge in [0, 0.05) is 12.2 Å². The number of nitrogens with one attached hydrogen (secondary N) is 1. The molecular weight excluding hydrogens is 370 g/mol. The maximum absolute atomic E-state index is 13.0. The van der Waals surface area contributed by atoms with E-state index in [0.29, 0.717) is 22.6 Å². The highest BCUT2D eigenvalue weighted by Crippen LogP contribution is 2.24. The molecular formula is C22H25N3O2S. The number of benzene rings is 2. The number of amides is 1. The lowest BCUT2D eigenvalue weighted by Gasteiger charge is -2.17. The number of rotatable bonds is 6. The minimum atomic E-state index is -0.396. The molecule has 0 unspecified atom stereocenters. The summed E-state index contributed by atoms with van der Waals surface area (Å²) < 4.78 is 1.69. The molecule has 146 valence electrons. The van der Waals surface area contributed by atoms with E-state index in [1.54, 1.807) is 10.6 Å². The molecule has 5 nitrogen and oxygen atoms in total. The van der Waals surface area contributed by atoms with Crippen LogP contribution in [0.25, 0.3) is 10.9 Å². The van der Waals surface area contributed by atoms with E-state index in [0.717, 1.165) is 11.3 Å². The standard InChI is InChI=1S/C22H25N3O2S/c1-14(2)13-25-21(27)18-10-5-6-11-19(18)24-22(25)28-16(4)20(26)23-17-9-7-8-15(3)12-17/h5-12,14,16H,13H2,1-4H3,(H,23,26)/t16-/m1/s1. The fourth-order valence-corrected chi connectivity index (χ4v) is 3.86. The summed E-state index contributed by atoms with van der Waals surface area (Å²) in [7, 11) is 0. The zero-order chi connectivity index (χ0) is 20.3. The predicted octanol–water partition coefficient (Wildman–Crippen LogP) is 4.48. The Labute approximate surface area is 169 Å². The number of nitrogens with zero attached hydrogens (tertiary/aromatic N) is 2. The lowest BCUT2D eigenvalue weighted by Crippen LogP contribution is -2.28. The van der Waals surface area contributed by atoms with E-state index < -0.39 is 5.25 Å². The third-order valence-electron chi connectivity index (χ3n) is 4.31. The Morgan fingerprint density at radius 1 is 1.14 bits per heavy atom. The Morgan fingerprint density at radius 2 is 1.89 bits per heavy atom. The molecule has 1 aromatic heterocycles. The number of para-hydroxylation sites is 1. The monoisotopic (exact) mass is 395 g/mol. The van der Waals surface area contributed by atoms with Gasteiger partial charge in [0.15, 0.2) is 5.16 Å². The first kappa shape index (κ1) is 20.1. The smallest absolute Gasteiger partial charge is 0.262 e. The van der Waals surface area contributed by atoms with E-state index in [4.69, 9.17) is 0 Å². The molecule has 0 fully saturated rings. The molecule has 1 amide bonds. The number of carbonyl (C=O) groups is 1. The van der Waals surface area contributed by atoms with Gasteiger partial charge in [0.2, 0.25) is 5.91 Å². The van der Waals surface area contributed by atoms with Crippen LogP contribution in [0.5, 0.6) is 0 Å². The number of aryl methyl sites for hydroxylation is 1. The first-order valence-electron chi connectivity index (χ1n) is 9.39. The van der Waals surface area contributed by atoms with Gasteiger partial charge in [-0.05, 0) is 49.6 Å². The summed E-state index contributed by atoms with van der Waals surface area (Å²) in [4.78, 5) is 30.3. The Bertz CT molecular complexity index is 1060. The fraction of sp³-hybridized carbons (Fsp3) is 0.318. The van der Waals surface area contributed by atoms with Crippen LogP contribution in [0.3, 0.4) is 0 Å². The molecule has 0 saturated carbocycles. The van der Waals surface area contributed by atoms with Crippen molar-refractivity contribution in [1.29, 1.82) is 0 Å². The average Bonchev–Trinajstić information content (AvgIpc) is 2.64. The summed E-state index contributed by atoms with van der Waals surface area (Å²) in [6.45, 7) is 8.49. The molecule has 2 aromatic carbocycles. The summed E-state index contributed by atoms with van der Waals surface area (Å²) in [5, 5.41) is 3.72. The highest BCUT2D eigenvalue weighted by molar-refractivity contribution is 8.00. The van der Waals surface area contributed by atoms with Gasteiger partial charge in [-0.15, -0.1) is 0 Å². The zero-order valence-corrected chi connectivity index (χ0v) is 17.4. The molecule has 0 radical (unpaired) electrons. The number of anilines is 1. The van der Waals surface area contributed by atoms with Crippen LogP contribution in [-0.2, 0) is 11.3 Å². The molecule has 1 atom stereocenters. The van der Waals surface area contributed by atoms with Crippen molar-refractivity contribution in [3.8, 4) is 0 Å². The van der Waals surface area contributed by atoms with E-state index in [-0.39, 0.29) is 17.4 Å². The lowest BCUT2D eigenvalue weighted by molar-refractivity contribution is -0.115. The van der Waals surface area contributed by atoms with Gasteiger partial charge >= 0.3 is 0 Å². The van der Waals surface area contributed by atoms with E-state index in [2.05, 4.69) is 24.1 Å². The summed E-state index contributed by atoms with van der Waals surface area (Å²) in [6.07, 6.45) is 0. The van der Waals surface area contributed by atoms with E-state index >= 15 is 0 Å². The molecule has 1 N–H and O–H groups in total. The number of hydrogen-bond donors (Lipinski definition) is 1. The molecule has 3 aromatic rings. The van der Waals surface area contributed by atoms with Gasteiger partial charge in [0.05, 0.1) is 16.2 Å². The minimum absolute atomic E-state index is 0.0620. The third-order valence-corrected chi connectivity index (χ3v) is 5.40. The number of aromatic nitrogens is 2. The third kappa shape index (κ3) is 4.62. The van der Waals surface area contributed by atoms with Gasteiger partial charge in [-0.25, -0.2) is 4.98 Å². The van der Waals surface area contributed by atoms with Crippen molar-refractivity contribution in [1.82, 2.24) is 9.55 Å². The van der Waals surface area contributed by atoms with Crippen molar-refractivity contribution in [3.63, 3.8) is 0 Å². The molecule has 0 aliphatic heterocycles. The van der Waals surface area contributed by atoms with Gasteiger partial charge in [0.1, 0.15) is 0 Å². The van der Waals surface area contributed by atoms with Crippen molar-refractivity contribution in [2.24, 2.45) is 5.92 Å². The summed E-state index contributed by atoms with van der Waals surface area (Å²) in [6, 6.07) is 15.0. The Balaban J connectivity index is 1.89. The van der Waals surface area contributed by atoms with Gasteiger partial charge < -0.3 is 5.32 Å². The fourth-order valence-electron chi connectivity index (χ4n) is 2.94. The van der Waals surface area contributed by atoms with E-state index in [9.17, 15) is 9.59 Å². The quantitative estimate of drug-likeness (QED) is 0.494. The normalized spacial score (nSPS) is 12.3. The van der Waals surface area contributed by atoms with Crippen LogP contribution in [0.4, 0.5) is 5.69 Å². The van der Waals surface area contributed by atoms with Crippen molar-refractivity contribution in [2.75, 3.05) is 5.32 Å². The molecule has 3 rings (SSSR count). The van der Waals surface area contributed by atoms with Gasteiger partial charge in [-0.2, -0.15) is 0 Å². The lowest BCUT2D eigenvalue weighted by atomic mass is 10.2. The predicted molar refractivity (Wildman–Crippen MR) is 116 cm³/mol. The van der Waals surface area contributed by atoms with Gasteiger partial charge in [-0.3, -0.25) is 14.2 Å². The molecule has 0 aliphatic rings. The average molecular weight is 396 g/mol. The molecule has 0 bridgehead atoms.